The largest absolute Gasteiger partial charge is 0.342 e. The number of fused-ring (bicyclic) bond motifs is 1. The normalized spacial score (nSPS) is 14.5. The van der Waals surface area contributed by atoms with Gasteiger partial charge < -0.3 is 9.80 Å². The second-order valence-electron chi connectivity index (χ2n) is 4.83. The molecule has 0 radical (unpaired) electrons. The number of anilines is 1. The first-order valence-electron chi connectivity index (χ1n) is 6.28. The predicted molar refractivity (Wildman–Crippen MR) is 77.4 cm³/mol. The lowest BCUT2D eigenvalue weighted by Gasteiger charge is -2.31. The van der Waals surface area contributed by atoms with Gasteiger partial charge in [-0.2, -0.15) is 0 Å². The lowest BCUT2D eigenvalue weighted by atomic mass is 10.2. The Balaban J connectivity index is 2.20. The minimum Gasteiger partial charge on any atom is -0.342 e. The molecule has 1 aromatic carbocycles. The molecule has 1 aliphatic heterocycles. The topological polar surface area (TPSA) is 40.6 Å². The quantitative estimate of drug-likeness (QED) is 0.849. The summed E-state index contributed by atoms with van der Waals surface area (Å²) < 4.78 is 0. The van der Waals surface area contributed by atoms with Gasteiger partial charge in [0.05, 0.1) is 11.4 Å². The average Bonchev–Trinajstić information content (AvgIpc) is 2.40. The van der Waals surface area contributed by atoms with Gasteiger partial charge in [0, 0.05) is 18.0 Å². The van der Waals surface area contributed by atoms with E-state index in [0.29, 0.717) is 5.75 Å². The molecular formula is C14H18N2O2S. The molecule has 0 saturated carbocycles. The summed E-state index contributed by atoms with van der Waals surface area (Å²) in [6, 6.07) is 7.85. The van der Waals surface area contributed by atoms with E-state index in [1.165, 1.54) is 11.8 Å². The molecule has 0 fully saturated rings. The van der Waals surface area contributed by atoms with E-state index in [2.05, 4.69) is 0 Å². The van der Waals surface area contributed by atoms with Crippen LogP contribution < -0.4 is 4.90 Å². The number of carbonyl (C=O) groups is 2. The molecule has 2 rings (SSSR count). The molecule has 0 spiro atoms. The Morgan fingerprint density at radius 1 is 1.42 bits per heavy atom. The van der Waals surface area contributed by atoms with E-state index in [1.54, 1.807) is 16.8 Å². The molecule has 0 aromatic heterocycles. The number of rotatable bonds is 3. The zero-order valence-electron chi connectivity index (χ0n) is 11.4. The summed E-state index contributed by atoms with van der Waals surface area (Å²) in [6.07, 6.45) is 0. The van der Waals surface area contributed by atoms with Crippen molar-refractivity contribution in [3.63, 3.8) is 0 Å². The van der Waals surface area contributed by atoms with Crippen LogP contribution in [0.15, 0.2) is 29.2 Å². The van der Waals surface area contributed by atoms with Gasteiger partial charge in [-0.25, -0.2) is 0 Å². The van der Waals surface area contributed by atoms with Crippen LogP contribution in [0.5, 0.6) is 0 Å². The summed E-state index contributed by atoms with van der Waals surface area (Å²) in [6.45, 7) is 4.03. The van der Waals surface area contributed by atoms with Crippen molar-refractivity contribution >= 4 is 29.3 Å². The van der Waals surface area contributed by atoms with Crippen molar-refractivity contribution in [2.24, 2.45) is 0 Å². The molecule has 0 unspecified atom stereocenters. The number of nitrogens with zero attached hydrogens (tertiary/aromatic N) is 2. The number of benzene rings is 1. The van der Waals surface area contributed by atoms with Gasteiger partial charge in [-0.15, -0.1) is 11.8 Å². The maximum Gasteiger partial charge on any atom is 0.242 e. The van der Waals surface area contributed by atoms with Gasteiger partial charge in [0.2, 0.25) is 11.8 Å². The first-order valence-corrected chi connectivity index (χ1v) is 7.27. The molecule has 1 heterocycles. The van der Waals surface area contributed by atoms with Crippen molar-refractivity contribution in [3.05, 3.63) is 24.3 Å². The summed E-state index contributed by atoms with van der Waals surface area (Å²) in [4.78, 5) is 28.5. The number of hydrogen-bond acceptors (Lipinski definition) is 3. The lowest BCUT2D eigenvalue weighted by Crippen LogP contribution is -2.45. The van der Waals surface area contributed by atoms with E-state index < -0.39 is 0 Å². The zero-order valence-corrected chi connectivity index (χ0v) is 12.2. The van der Waals surface area contributed by atoms with Crippen molar-refractivity contribution in [1.29, 1.82) is 0 Å². The van der Waals surface area contributed by atoms with Crippen molar-refractivity contribution < 1.29 is 9.59 Å². The highest BCUT2D eigenvalue weighted by Crippen LogP contribution is 2.34. The molecule has 102 valence electrons. The third kappa shape index (κ3) is 2.92. The Morgan fingerprint density at radius 3 is 2.79 bits per heavy atom. The molecule has 2 amide bonds. The zero-order chi connectivity index (χ0) is 14.0. The van der Waals surface area contributed by atoms with Crippen LogP contribution in [-0.4, -0.2) is 42.1 Å². The third-order valence-electron chi connectivity index (χ3n) is 3.27. The Labute approximate surface area is 117 Å². The van der Waals surface area contributed by atoms with Gasteiger partial charge in [0.1, 0.15) is 6.54 Å². The third-order valence-corrected chi connectivity index (χ3v) is 4.32. The minimum absolute atomic E-state index is 0.00536. The standard InChI is InChI=1S/C14H18N2O2S/c1-10(2)15(3)13(17)8-16-11-6-4-5-7-12(11)19-9-14(16)18/h4-7,10H,8-9H2,1-3H3. The van der Waals surface area contributed by atoms with E-state index in [1.807, 2.05) is 38.1 Å². The molecular weight excluding hydrogens is 260 g/mol. The molecule has 1 aliphatic rings. The highest BCUT2D eigenvalue weighted by molar-refractivity contribution is 8.00. The molecule has 4 nitrogen and oxygen atoms in total. The van der Waals surface area contributed by atoms with Crippen molar-refractivity contribution in [2.75, 3.05) is 24.2 Å². The van der Waals surface area contributed by atoms with E-state index in [4.69, 9.17) is 0 Å². The number of thioether (sulfide) groups is 1. The van der Waals surface area contributed by atoms with E-state index in [-0.39, 0.29) is 24.4 Å². The van der Waals surface area contributed by atoms with Crippen LogP contribution in [0.2, 0.25) is 0 Å². The van der Waals surface area contributed by atoms with Crippen LogP contribution in [0.3, 0.4) is 0 Å². The predicted octanol–water partition coefficient (Wildman–Crippen LogP) is 1.99. The van der Waals surface area contributed by atoms with Crippen LogP contribution in [-0.2, 0) is 9.59 Å². The van der Waals surface area contributed by atoms with Gasteiger partial charge in [0.25, 0.3) is 0 Å². The van der Waals surface area contributed by atoms with Gasteiger partial charge in [0.15, 0.2) is 0 Å². The number of likely N-dealkylation sites (N-methyl/N-ethyl adjacent to an activating group) is 1. The molecule has 1 aromatic rings. The molecule has 0 saturated heterocycles. The maximum atomic E-state index is 12.1. The van der Waals surface area contributed by atoms with Crippen LogP contribution in [0.25, 0.3) is 0 Å². The fourth-order valence-corrected chi connectivity index (χ4v) is 2.80. The Hall–Kier alpha value is -1.49. The van der Waals surface area contributed by atoms with Crippen LogP contribution in [0, 0.1) is 0 Å². The van der Waals surface area contributed by atoms with Crippen molar-refractivity contribution in [1.82, 2.24) is 4.90 Å². The van der Waals surface area contributed by atoms with E-state index in [9.17, 15) is 9.59 Å². The molecule has 0 bridgehead atoms. The maximum absolute atomic E-state index is 12.1. The van der Waals surface area contributed by atoms with Crippen LogP contribution >= 0.6 is 11.8 Å². The average molecular weight is 278 g/mol. The highest BCUT2D eigenvalue weighted by atomic mass is 32.2. The summed E-state index contributed by atoms with van der Waals surface area (Å²) in [5.74, 6) is 0.356. The first-order chi connectivity index (χ1) is 9.00. The van der Waals surface area contributed by atoms with Gasteiger partial charge in [-0.1, -0.05) is 12.1 Å². The molecule has 19 heavy (non-hydrogen) atoms. The van der Waals surface area contributed by atoms with Crippen LogP contribution in [0.4, 0.5) is 5.69 Å². The Morgan fingerprint density at radius 2 is 2.11 bits per heavy atom. The number of para-hydroxylation sites is 1. The Kier molecular flexibility index (Phi) is 4.14. The van der Waals surface area contributed by atoms with Crippen molar-refractivity contribution in [2.45, 2.75) is 24.8 Å². The molecule has 0 aliphatic carbocycles. The van der Waals surface area contributed by atoms with E-state index >= 15 is 0 Å². The summed E-state index contributed by atoms with van der Waals surface area (Å²) >= 11 is 1.53. The highest BCUT2D eigenvalue weighted by Gasteiger charge is 2.27. The molecule has 5 heteroatoms. The van der Waals surface area contributed by atoms with Crippen LogP contribution in [0.1, 0.15) is 13.8 Å². The fraction of sp³-hybridized carbons (Fsp3) is 0.429. The number of hydrogen-bond donors (Lipinski definition) is 0. The van der Waals surface area contributed by atoms with Gasteiger partial charge >= 0.3 is 0 Å². The smallest absolute Gasteiger partial charge is 0.242 e. The molecule has 0 atom stereocenters. The molecule has 0 N–H and O–H groups in total. The summed E-state index contributed by atoms with van der Waals surface area (Å²) in [7, 11) is 1.77. The first kappa shape index (κ1) is 13.9. The minimum atomic E-state index is -0.0370. The summed E-state index contributed by atoms with van der Waals surface area (Å²) in [5.41, 5.74) is 0.842. The lowest BCUT2D eigenvalue weighted by molar-refractivity contribution is -0.131. The van der Waals surface area contributed by atoms with Crippen molar-refractivity contribution in [3.8, 4) is 0 Å². The van der Waals surface area contributed by atoms with Gasteiger partial charge in [-0.3, -0.25) is 9.59 Å². The summed E-state index contributed by atoms with van der Waals surface area (Å²) in [5, 5.41) is 0. The van der Waals surface area contributed by atoms with Gasteiger partial charge in [-0.05, 0) is 26.0 Å². The Bertz CT molecular complexity index is 502. The number of carbonyl (C=O) groups excluding carboxylic acids is 2. The monoisotopic (exact) mass is 278 g/mol. The van der Waals surface area contributed by atoms with E-state index in [0.717, 1.165) is 10.6 Å². The SMILES string of the molecule is CC(C)N(C)C(=O)CN1C(=O)CSc2ccccc21. The fourth-order valence-electron chi connectivity index (χ4n) is 1.86. The number of amides is 2. The second kappa shape index (κ2) is 5.65. The second-order valence-corrected chi connectivity index (χ2v) is 5.85.